The second-order valence-corrected chi connectivity index (χ2v) is 0.931. The third-order valence-electron chi connectivity index (χ3n) is 0.421. The van der Waals surface area contributed by atoms with E-state index in [0.717, 1.165) is 6.21 Å². The fourth-order valence-corrected chi connectivity index (χ4v) is 0.140. The lowest BCUT2D eigenvalue weighted by Crippen LogP contribution is -1.89. The van der Waals surface area contributed by atoms with E-state index in [2.05, 4.69) is 4.99 Å². The van der Waals surface area contributed by atoms with Gasteiger partial charge in [-0.2, -0.15) is 0 Å². The summed E-state index contributed by atoms with van der Waals surface area (Å²) in [6, 6.07) is 0. The van der Waals surface area contributed by atoms with Gasteiger partial charge in [0.2, 0.25) is 5.91 Å². The number of aliphatic imine (C=N–C) groups is 1. The molecule has 0 heterocycles. The van der Waals surface area contributed by atoms with Gasteiger partial charge in [-0.15, -0.1) is 0 Å². The Hall–Kier alpha value is -0.990. The van der Waals surface area contributed by atoms with Crippen LogP contribution in [0.4, 0.5) is 0 Å². The maximum atomic E-state index is 10.2. The van der Waals surface area contributed by atoms with E-state index in [0.29, 0.717) is 6.69 Å². The van der Waals surface area contributed by atoms with E-state index in [1.807, 2.05) is 0 Å². The molecule has 0 aliphatic heterocycles. The largest absolute Gasteiger partial charge is 0.313 e. The second kappa shape index (κ2) is 3.21. The molecule has 0 saturated heterocycles. The summed E-state index contributed by atoms with van der Waals surface area (Å²) >= 11 is 0. The fraction of sp³-hybridized carbons (Fsp3) is 0.250. The van der Waals surface area contributed by atoms with Crippen molar-refractivity contribution >= 4 is 18.8 Å². The van der Waals surface area contributed by atoms with E-state index < -0.39 is 5.91 Å². The zero-order valence-corrected chi connectivity index (χ0v) is 3.72. The molecule has 3 nitrogen and oxygen atoms in total. The first kappa shape index (κ1) is 4.18. The molecular formula is C4H6N2O. The molecule has 0 bridgehead atoms. The highest BCUT2D eigenvalue weighted by molar-refractivity contribution is 5.91. The Morgan fingerprint density at radius 3 is 3.43 bits per heavy atom. The first-order valence-corrected chi connectivity index (χ1v) is 1.74. The zero-order valence-electron chi connectivity index (χ0n) is 4.72. The van der Waals surface area contributed by atoms with Gasteiger partial charge in [0.1, 0.15) is 0 Å². The van der Waals surface area contributed by atoms with Gasteiger partial charge in [0.25, 0.3) is 0 Å². The summed E-state index contributed by atoms with van der Waals surface area (Å²) in [6.07, 6.45) is 0.949. The third-order valence-corrected chi connectivity index (χ3v) is 0.421. The summed E-state index contributed by atoms with van der Waals surface area (Å²) in [5, 5.41) is 6.43. The molecule has 0 unspecified atom stereocenters. The number of hydrogen-bond donors (Lipinski definition) is 1. The summed E-state index contributed by atoms with van der Waals surface area (Å²) in [5.74, 6) is -0.449. The number of amides is 1. The average Bonchev–Trinajstić information content (AvgIpc) is 1.68. The summed E-state index contributed by atoms with van der Waals surface area (Å²) < 4.78 is 6.32. The van der Waals surface area contributed by atoms with Gasteiger partial charge >= 0.3 is 0 Å². The standard InChI is InChI=1S/C4H6N2O/c1-6-4(7)2-3-5/h3,5H,1-2H2/i1D. The first-order valence-electron chi connectivity index (χ1n) is 2.31. The molecule has 3 heteroatoms. The van der Waals surface area contributed by atoms with Crippen molar-refractivity contribution in [2.45, 2.75) is 6.42 Å². The van der Waals surface area contributed by atoms with E-state index in [4.69, 9.17) is 6.78 Å². The van der Waals surface area contributed by atoms with Crippen molar-refractivity contribution < 1.29 is 6.17 Å². The molecule has 0 aromatic carbocycles. The molecule has 0 aliphatic rings. The topological polar surface area (TPSA) is 53.3 Å². The molecule has 1 amide bonds. The van der Waals surface area contributed by atoms with Crippen molar-refractivity contribution in [3.63, 3.8) is 0 Å². The normalized spacial score (nSPS) is 11.1. The number of nitrogens with one attached hydrogen (secondary N) is 1. The van der Waals surface area contributed by atoms with Crippen LogP contribution in [0.2, 0.25) is 0 Å². The number of carbonyl (C=O) groups excluding carboxylic acids is 1. The maximum Gasteiger partial charge on any atom is 0.250 e. The molecule has 0 fully saturated rings. The summed E-state index contributed by atoms with van der Waals surface area (Å²) in [7, 11) is 0. The van der Waals surface area contributed by atoms with Gasteiger partial charge in [0.05, 0.1) is 7.79 Å². The molecule has 7 heavy (non-hydrogen) atoms. The quantitative estimate of drug-likeness (QED) is 0.496. The molecule has 0 spiro atoms. The van der Waals surface area contributed by atoms with Crippen LogP contribution in [0.25, 0.3) is 0 Å². The summed E-state index contributed by atoms with van der Waals surface area (Å²) in [4.78, 5) is 13.2. The molecule has 0 aliphatic carbocycles. The Morgan fingerprint density at radius 2 is 3.00 bits per heavy atom. The minimum absolute atomic E-state index is 0.00458. The number of carbonyl (C=O) groups is 1. The minimum Gasteiger partial charge on any atom is -0.313 e. The molecule has 38 valence electrons. The van der Waals surface area contributed by atoms with Gasteiger partial charge < -0.3 is 5.41 Å². The Morgan fingerprint density at radius 1 is 2.29 bits per heavy atom. The zero-order chi connectivity index (χ0) is 6.41. The average molecular weight is 99.1 g/mol. The van der Waals surface area contributed by atoms with E-state index in [1.165, 1.54) is 0 Å². The number of hydrogen-bond acceptors (Lipinski definition) is 2. The van der Waals surface area contributed by atoms with Crippen molar-refractivity contribution in [3.05, 3.63) is 0 Å². The molecule has 0 saturated carbocycles. The van der Waals surface area contributed by atoms with Crippen LogP contribution in [0.3, 0.4) is 0 Å². The van der Waals surface area contributed by atoms with Gasteiger partial charge in [-0.1, -0.05) is 0 Å². The lowest BCUT2D eigenvalue weighted by atomic mass is 10.4. The monoisotopic (exact) mass is 99.1 g/mol. The number of rotatable bonds is 2. The Bertz CT molecular complexity index is 121. The first-order chi connectivity index (χ1) is 3.81. The molecule has 0 atom stereocenters. The van der Waals surface area contributed by atoms with Crippen LogP contribution in [-0.4, -0.2) is 18.8 Å². The molecule has 0 aromatic rings. The van der Waals surface area contributed by atoms with Gasteiger partial charge in [-0.25, -0.2) is 4.99 Å². The van der Waals surface area contributed by atoms with Crippen LogP contribution in [0, 0.1) is 5.41 Å². The van der Waals surface area contributed by atoms with Gasteiger partial charge in [-0.05, 0) is 6.69 Å². The van der Waals surface area contributed by atoms with E-state index >= 15 is 0 Å². The molecule has 0 rings (SSSR count). The Labute approximate surface area is 43.0 Å². The molecule has 0 aromatic heterocycles. The highest BCUT2D eigenvalue weighted by atomic mass is 16.1. The van der Waals surface area contributed by atoms with Crippen molar-refractivity contribution in [1.82, 2.24) is 0 Å². The minimum atomic E-state index is -0.449. The summed E-state index contributed by atoms with van der Waals surface area (Å²) in [6.45, 7) is 0.672. The van der Waals surface area contributed by atoms with E-state index in [-0.39, 0.29) is 6.42 Å². The second-order valence-electron chi connectivity index (χ2n) is 0.931. The third kappa shape index (κ3) is 2.82. The molecule has 1 N–H and O–H groups in total. The highest BCUT2D eigenvalue weighted by Gasteiger charge is 1.87. The SMILES string of the molecule is [2H]C=NC(=O)CC=N. The lowest BCUT2D eigenvalue weighted by Gasteiger charge is -1.77. The van der Waals surface area contributed by atoms with Crippen molar-refractivity contribution in [3.8, 4) is 0 Å². The fourth-order valence-electron chi connectivity index (χ4n) is 0.140. The summed E-state index contributed by atoms with van der Waals surface area (Å²) in [5.41, 5.74) is 0. The maximum absolute atomic E-state index is 10.2. The van der Waals surface area contributed by atoms with E-state index in [1.54, 1.807) is 0 Å². The van der Waals surface area contributed by atoms with Crippen molar-refractivity contribution in [1.29, 1.82) is 5.41 Å². The van der Waals surface area contributed by atoms with Crippen molar-refractivity contribution in [2.24, 2.45) is 4.99 Å². The van der Waals surface area contributed by atoms with Crippen LogP contribution < -0.4 is 0 Å². The predicted molar refractivity (Wildman–Crippen MR) is 28.0 cm³/mol. The smallest absolute Gasteiger partial charge is 0.250 e. The molecular weight excluding hydrogens is 92.1 g/mol. The Kier molecular flexibility index (Phi) is 1.91. The number of nitrogens with zero attached hydrogens (tertiary/aromatic N) is 1. The van der Waals surface area contributed by atoms with Crippen LogP contribution in [0.1, 0.15) is 7.79 Å². The van der Waals surface area contributed by atoms with Crippen molar-refractivity contribution in [2.75, 3.05) is 0 Å². The van der Waals surface area contributed by atoms with Gasteiger partial charge in [0, 0.05) is 6.21 Å². The lowest BCUT2D eigenvalue weighted by molar-refractivity contribution is -0.116. The van der Waals surface area contributed by atoms with Crippen LogP contribution in [0.15, 0.2) is 4.99 Å². The van der Waals surface area contributed by atoms with Crippen LogP contribution in [0.5, 0.6) is 0 Å². The van der Waals surface area contributed by atoms with Crippen LogP contribution in [-0.2, 0) is 4.79 Å². The predicted octanol–water partition coefficient (Wildman–Crippen LogP) is 0.253. The highest BCUT2D eigenvalue weighted by Crippen LogP contribution is 1.74. The van der Waals surface area contributed by atoms with Gasteiger partial charge in [-0.3, -0.25) is 4.79 Å². The Balaban J connectivity index is 3.48. The van der Waals surface area contributed by atoms with Crippen LogP contribution >= 0.6 is 0 Å². The van der Waals surface area contributed by atoms with Gasteiger partial charge in [0.15, 0.2) is 0 Å². The molecule has 0 radical (unpaired) electrons. The van der Waals surface area contributed by atoms with E-state index in [9.17, 15) is 4.79 Å².